The van der Waals surface area contributed by atoms with E-state index in [-0.39, 0.29) is 37.3 Å². The maximum atomic E-state index is 12.5. The fourth-order valence-corrected chi connectivity index (χ4v) is 3.42. The van der Waals surface area contributed by atoms with Gasteiger partial charge in [-0.3, -0.25) is 9.59 Å². The zero-order valence-electron chi connectivity index (χ0n) is 16.3. The van der Waals surface area contributed by atoms with E-state index >= 15 is 0 Å². The second-order valence-corrected chi connectivity index (χ2v) is 8.30. The number of rotatable bonds is 8. The molecule has 0 atom stereocenters. The van der Waals surface area contributed by atoms with E-state index < -0.39 is 0 Å². The number of benzene rings is 2. The third-order valence-corrected chi connectivity index (χ3v) is 5.01. The van der Waals surface area contributed by atoms with E-state index in [0.717, 1.165) is 10.0 Å². The lowest BCUT2D eigenvalue weighted by atomic mass is 10.1. The van der Waals surface area contributed by atoms with Crippen molar-refractivity contribution >= 4 is 55.0 Å². The molecule has 7 nitrogen and oxygen atoms in total. The number of anilines is 2. The molecule has 0 bridgehead atoms. The number of halogens is 2. The van der Waals surface area contributed by atoms with Crippen LogP contribution in [0.4, 0.5) is 11.4 Å². The lowest BCUT2D eigenvalue weighted by Crippen LogP contribution is -2.16. The first-order valence-corrected chi connectivity index (χ1v) is 10.9. The third-order valence-electron chi connectivity index (χ3n) is 4.09. The number of ether oxygens (including phenoxy) is 1. The summed E-state index contributed by atoms with van der Waals surface area (Å²) in [5.74, 6) is -0.236. The molecule has 1 aromatic heterocycles. The first-order valence-electron chi connectivity index (χ1n) is 9.29. The summed E-state index contributed by atoms with van der Waals surface area (Å²) < 4.78 is 6.86. The average Bonchev–Trinajstić information content (AvgIpc) is 2.74. The standard InChI is InChI=1S/C22H19Br2N3O4/c23-16-3-1-2-15(11-16)21(30)26-18-6-4-14(5-7-18)10-20(29)27-19-12-17(24)13-25-22(19)31-9-8-28/h1-7,11-13,28H,8-10H2,(H,26,30)(H,27,29). The summed E-state index contributed by atoms with van der Waals surface area (Å²) in [4.78, 5) is 28.9. The van der Waals surface area contributed by atoms with Gasteiger partial charge in [-0.05, 0) is 57.9 Å². The molecule has 3 rings (SSSR count). The van der Waals surface area contributed by atoms with Crippen LogP contribution in [0.1, 0.15) is 15.9 Å². The molecule has 0 aliphatic carbocycles. The minimum Gasteiger partial charge on any atom is -0.474 e. The van der Waals surface area contributed by atoms with Gasteiger partial charge < -0.3 is 20.5 Å². The smallest absolute Gasteiger partial charge is 0.255 e. The molecule has 0 aliphatic heterocycles. The zero-order valence-corrected chi connectivity index (χ0v) is 19.4. The zero-order chi connectivity index (χ0) is 22.2. The molecule has 9 heteroatoms. The van der Waals surface area contributed by atoms with Gasteiger partial charge in [-0.2, -0.15) is 0 Å². The highest BCUT2D eigenvalue weighted by Crippen LogP contribution is 2.25. The number of aliphatic hydroxyl groups is 1. The number of carbonyl (C=O) groups excluding carboxylic acids is 2. The fourth-order valence-electron chi connectivity index (χ4n) is 2.69. The van der Waals surface area contributed by atoms with Crippen molar-refractivity contribution in [2.45, 2.75) is 6.42 Å². The van der Waals surface area contributed by atoms with Crippen molar-refractivity contribution < 1.29 is 19.4 Å². The maximum Gasteiger partial charge on any atom is 0.255 e. The molecule has 0 unspecified atom stereocenters. The quantitative estimate of drug-likeness (QED) is 0.387. The molecule has 3 N–H and O–H groups in total. The van der Waals surface area contributed by atoms with E-state index in [1.807, 2.05) is 6.07 Å². The van der Waals surface area contributed by atoms with Crippen LogP contribution in [0.5, 0.6) is 5.88 Å². The molecule has 0 aliphatic rings. The van der Waals surface area contributed by atoms with Crippen LogP contribution in [0.25, 0.3) is 0 Å². The molecular weight excluding hydrogens is 530 g/mol. The van der Waals surface area contributed by atoms with Crippen molar-refractivity contribution in [3.63, 3.8) is 0 Å². The Bertz CT molecular complexity index is 1070. The Morgan fingerprint density at radius 2 is 1.77 bits per heavy atom. The number of aromatic nitrogens is 1. The Kier molecular flexibility index (Phi) is 8.16. The van der Waals surface area contributed by atoms with Crippen LogP contribution in [0.2, 0.25) is 0 Å². The second-order valence-electron chi connectivity index (χ2n) is 6.46. The number of carbonyl (C=O) groups is 2. The predicted octanol–water partition coefficient (Wildman–Crippen LogP) is 4.41. The number of pyridine rings is 1. The van der Waals surface area contributed by atoms with Gasteiger partial charge in [0.05, 0.1) is 13.0 Å². The maximum absolute atomic E-state index is 12.5. The molecule has 1 heterocycles. The molecule has 0 fully saturated rings. The second kappa shape index (κ2) is 11.0. The fraction of sp³-hybridized carbons (Fsp3) is 0.136. The van der Waals surface area contributed by atoms with E-state index in [0.29, 0.717) is 21.4 Å². The van der Waals surface area contributed by atoms with E-state index in [1.54, 1.807) is 54.7 Å². The van der Waals surface area contributed by atoms with Crippen molar-refractivity contribution in [1.82, 2.24) is 4.98 Å². The van der Waals surface area contributed by atoms with Gasteiger partial charge in [0.2, 0.25) is 11.8 Å². The third kappa shape index (κ3) is 6.88. The minimum absolute atomic E-state index is 0.0740. The van der Waals surface area contributed by atoms with Crippen LogP contribution in [0, 0.1) is 0 Å². The highest BCUT2D eigenvalue weighted by atomic mass is 79.9. The average molecular weight is 549 g/mol. The van der Waals surface area contributed by atoms with E-state index in [9.17, 15) is 9.59 Å². The molecule has 160 valence electrons. The Morgan fingerprint density at radius 1 is 1.00 bits per heavy atom. The van der Waals surface area contributed by atoms with Gasteiger partial charge in [0.25, 0.3) is 5.91 Å². The van der Waals surface area contributed by atoms with Crippen LogP contribution >= 0.6 is 31.9 Å². The first kappa shape index (κ1) is 22.9. The Hall–Kier alpha value is -2.75. The lowest BCUT2D eigenvalue weighted by Gasteiger charge is -2.11. The molecule has 0 saturated heterocycles. The first-order chi connectivity index (χ1) is 14.9. The van der Waals surface area contributed by atoms with E-state index in [2.05, 4.69) is 47.5 Å². The van der Waals surface area contributed by atoms with Crippen molar-refractivity contribution in [2.75, 3.05) is 23.8 Å². The molecule has 0 saturated carbocycles. The summed E-state index contributed by atoms with van der Waals surface area (Å²) in [6, 6.07) is 15.8. The van der Waals surface area contributed by atoms with Crippen molar-refractivity contribution in [3.8, 4) is 5.88 Å². The molecule has 3 aromatic rings. The molecular formula is C22H19Br2N3O4. The van der Waals surface area contributed by atoms with Crippen LogP contribution in [0.3, 0.4) is 0 Å². The normalized spacial score (nSPS) is 10.4. The van der Waals surface area contributed by atoms with Crippen molar-refractivity contribution in [1.29, 1.82) is 0 Å². The highest BCUT2D eigenvalue weighted by Gasteiger charge is 2.12. The van der Waals surface area contributed by atoms with Crippen molar-refractivity contribution in [3.05, 3.63) is 80.9 Å². The molecule has 2 amide bonds. The highest BCUT2D eigenvalue weighted by molar-refractivity contribution is 9.10. The van der Waals surface area contributed by atoms with Gasteiger partial charge in [0, 0.05) is 26.4 Å². The Labute approximate surface area is 196 Å². The largest absolute Gasteiger partial charge is 0.474 e. The number of aliphatic hydroxyl groups excluding tert-OH is 1. The van der Waals surface area contributed by atoms with Crippen molar-refractivity contribution in [2.24, 2.45) is 0 Å². The summed E-state index contributed by atoms with van der Waals surface area (Å²) in [7, 11) is 0. The number of hydrogen-bond acceptors (Lipinski definition) is 5. The molecule has 0 spiro atoms. The van der Waals surface area contributed by atoms with Gasteiger partial charge in [-0.1, -0.05) is 34.1 Å². The topological polar surface area (TPSA) is 101 Å². The van der Waals surface area contributed by atoms with Gasteiger partial charge in [0.15, 0.2) is 0 Å². The summed E-state index contributed by atoms with van der Waals surface area (Å²) in [6.07, 6.45) is 1.68. The van der Waals surface area contributed by atoms with Gasteiger partial charge in [-0.25, -0.2) is 4.98 Å². The van der Waals surface area contributed by atoms with Gasteiger partial charge in [0.1, 0.15) is 12.3 Å². The van der Waals surface area contributed by atoms with Crippen LogP contribution < -0.4 is 15.4 Å². The number of amides is 2. The number of nitrogens with one attached hydrogen (secondary N) is 2. The van der Waals surface area contributed by atoms with Gasteiger partial charge in [-0.15, -0.1) is 0 Å². The summed E-state index contributed by atoms with van der Waals surface area (Å²) in [6.45, 7) is -0.0832. The summed E-state index contributed by atoms with van der Waals surface area (Å²) in [5.41, 5.74) is 2.36. The van der Waals surface area contributed by atoms with Gasteiger partial charge >= 0.3 is 0 Å². The molecule has 2 aromatic carbocycles. The molecule has 0 radical (unpaired) electrons. The SMILES string of the molecule is O=C(Cc1ccc(NC(=O)c2cccc(Br)c2)cc1)Nc1cc(Br)cnc1OCCO. The Morgan fingerprint density at radius 3 is 2.48 bits per heavy atom. The van der Waals surface area contributed by atoms with Crippen LogP contribution in [0.15, 0.2) is 69.7 Å². The summed E-state index contributed by atoms with van der Waals surface area (Å²) >= 11 is 6.66. The summed E-state index contributed by atoms with van der Waals surface area (Å²) in [5, 5.41) is 14.5. The predicted molar refractivity (Wildman–Crippen MR) is 125 cm³/mol. The van der Waals surface area contributed by atoms with Crippen LogP contribution in [-0.2, 0) is 11.2 Å². The lowest BCUT2D eigenvalue weighted by molar-refractivity contribution is -0.115. The monoisotopic (exact) mass is 547 g/mol. The van der Waals surface area contributed by atoms with E-state index in [1.165, 1.54) is 0 Å². The number of hydrogen-bond donors (Lipinski definition) is 3. The minimum atomic E-state index is -0.250. The van der Waals surface area contributed by atoms with E-state index in [4.69, 9.17) is 9.84 Å². The Balaban J connectivity index is 1.60. The number of nitrogens with zero attached hydrogens (tertiary/aromatic N) is 1. The van der Waals surface area contributed by atoms with Crippen LogP contribution in [-0.4, -0.2) is 35.1 Å². The molecule has 31 heavy (non-hydrogen) atoms.